The van der Waals surface area contributed by atoms with E-state index in [0.717, 1.165) is 42.7 Å². The van der Waals surface area contributed by atoms with Crippen molar-refractivity contribution < 1.29 is 46.6 Å². The van der Waals surface area contributed by atoms with Gasteiger partial charge in [-0.15, -0.1) is 0 Å². The van der Waals surface area contributed by atoms with Gasteiger partial charge in [0, 0.05) is 74.7 Å². The third-order valence-corrected chi connectivity index (χ3v) is 13.2. The molecular formula is C47H54F3N9O7. The van der Waals surface area contributed by atoms with E-state index < -0.39 is 47.5 Å². The molecule has 16 nitrogen and oxygen atoms in total. The van der Waals surface area contributed by atoms with E-state index in [2.05, 4.69) is 35.7 Å². The highest BCUT2D eigenvalue weighted by Crippen LogP contribution is 2.52. The van der Waals surface area contributed by atoms with Crippen LogP contribution in [0, 0.1) is 12.3 Å². The van der Waals surface area contributed by atoms with Gasteiger partial charge in [-0.25, -0.2) is 9.97 Å². The van der Waals surface area contributed by atoms with Gasteiger partial charge in [0.1, 0.15) is 17.7 Å². The fourth-order valence-corrected chi connectivity index (χ4v) is 9.45. The third-order valence-electron chi connectivity index (χ3n) is 13.2. The molecule has 4 aliphatic rings. The minimum Gasteiger partial charge on any atom is -0.493 e. The Balaban J connectivity index is 0.974. The minimum absolute atomic E-state index is 0.00400. The number of amides is 5. The molecule has 2 unspecified atom stereocenters. The SMILES string of the molecule is CNC(=O)CCCC(CC1(COc2cc3c(N[C@H](C)c4cc(N)cc(C(F)(F)F)c4)nc(C)nc3cc2OC)CC1)N1CCN(c2cccc3c2C(=O)N(C2CCC(=O)NC2=O)C3=O)CC1. The average molecular weight is 914 g/mol. The molecule has 4 aromatic rings. The molecule has 4 heterocycles. The van der Waals surface area contributed by atoms with Gasteiger partial charge < -0.3 is 30.7 Å². The number of nitrogens with one attached hydrogen (secondary N) is 3. The second-order valence-corrected chi connectivity index (χ2v) is 17.8. The number of anilines is 3. The lowest BCUT2D eigenvalue weighted by Crippen LogP contribution is -2.54. The van der Waals surface area contributed by atoms with Crippen molar-refractivity contribution in [2.24, 2.45) is 5.41 Å². The number of imide groups is 2. The molecule has 5 amide bonds. The highest BCUT2D eigenvalue weighted by molar-refractivity contribution is 6.25. The Bertz CT molecular complexity index is 2580. The lowest BCUT2D eigenvalue weighted by molar-refractivity contribution is -0.138. The predicted octanol–water partition coefficient (Wildman–Crippen LogP) is 5.78. The summed E-state index contributed by atoms with van der Waals surface area (Å²) in [7, 11) is 3.17. The Morgan fingerprint density at radius 3 is 2.45 bits per heavy atom. The molecular weight excluding hydrogens is 860 g/mol. The summed E-state index contributed by atoms with van der Waals surface area (Å²) in [5.74, 6) is -0.421. The van der Waals surface area contributed by atoms with Gasteiger partial charge in [0.2, 0.25) is 17.7 Å². The van der Waals surface area contributed by atoms with Crippen molar-refractivity contribution in [3.8, 4) is 11.5 Å². The maximum absolute atomic E-state index is 13.9. The van der Waals surface area contributed by atoms with E-state index >= 15 is 0 Å². The summed E-state index contributed by atoms with van der Waals surface area (Å²) in [4.78, 5) is 79.0. The number of nitrogens with two attached hydrogens (primary N) is 1. The first-order chi connectivity index (χ1) is 31.5. The second-order valence-electron chi connectivity index (χ2n) is 17.8. The number of ether oxygens (including phenoxy) is 2. The molecule has 19 heteroatoms. The van der Waals surface area contributed by atoms with Crippen LogP contribution in [0.5, 0.6) is 11.5 Å². The summed E-state index contributed by atoms with van der Waals surface area (Å²) in [6, 6.07) is 10.6. The molecule has 66 heavy (non-hydrogen) atoms. The lowest BCUT2D eigenvalue weighted by atomic mass is 9.92. The van der Waals surface area contributed by atoms with Crippen LogP contribution in [-0.4, -0.2) is 108 Å². The van der Waals surface area contributed by atoms with E-state index in [0.29, 0.717) is 90.9 Å². The smallest absolute Gasteiger partial charge is 0.416 e. The van der Waals surface area contributed by atoms with Gasteiger partial charge in [-0.3, -0.25) is 39.1 Å². The van der Waals surface area contributed by atoms with Crippen LogP contribution < -0.4 is 36.1 Å². The molecule has 1 aromatic heterocycles. The number of nitrogen functional groups attached to an aromatic ring is 1. The zero-order valence-electron chi connectivity index (χ0n) is 37.3. The lowest BCUT2D eigenvalue weighted by Gasteiger charge is -2.42. The van der Waals surface area contributed by atoms with E-state index in [1.165, 1.54) is 6.07 Å². The molecule has 1 aliphatic carbocycles. The monoisotopic (exact) mass is 913 g/mol. The van der Waals surface area contributed by atoms with Gasteiger partial charge >= 0.3 is 6.18 Å². The fraction of sp³-hybridized carbons (Fsp3) is 0.468. The number of carbonyl (C=O) groups is 5. The van der Waals surface area contributed by atoms with Crippen LogP contribution in [0.3, 0.4) is 0 Å². The van der Waals surface area contributed by atoms with Crippen molar-refractivity contribution in [1.29, 1.82) is 0 Å². The van der Waals surface area contributed by atoms with Crippen LogP contribution in [0.15, 0.2) is 48.5 Å². The number of benzene rings is 3. The molecule has 3 atom stereocenters. The molecule has 0 bridgehead atoms. The first-order valence-electron chi connectivity index (χ1n) is 22.2. The summed E-state index contributed by atoms with van der Waals surface area (Å²) in [5.41, 5.74) is 6.90. The summed E-state index contributed by atoms with van der Waals surface area (Å²) in [6.45, 7) is 6.29. The van der Waals surface area contributed by atoms with E-state index in [4.69, 9.17) is 15.2 Å². The number of aryl methyl sites for hydroxylation is 1. The fourth-order valence-electron chi connectivity index (χ4n) is 9.45. The molecule has 1 saturated carbocycles. The zero-order valence-corrected chi connectivity index (χ0v) is 37.3. The molecule has 0 radical (unpaired) electrons. The number of hydrogen-bond acceptors (Lipinski definition) is 13. The van der Waals surface area contributed by atoms with Crippen molar-refractivity contribution >= 4 is 57.6 Å². The van der Waals surface area contributed by atoms with Gasteiger partial charge in [0.05, 0.1) is 47.7 Å². The minimum atomic E-state index is -4.56. The Hall–Kier alpha value is -6.50. The van der Waals surface area contributed by atoms with Crippen LogP contribution in [0.1, 0.15) is 102 Å². The number of piperidine rings is 1. The van der Waals surface area contributed by atoms with Crippen molar-refractivity contribution in [2.75, 3.05) is 62.9 Å². The molecule has 3 aliphatic heterocycles. The van der Waals surface area contributed by atoms with Crippen LogP contribution in [0.2, 0.25) is 0 Å². The largest absolute Gasteiger partial charge is 0.493 e. The Morgan fingerprint density at radius 2 is 1.77 bits per heavy atom. The normalized spacial score (nSPS) is 19.3. The molecule has 5 N–H and O–H groups in total. The van der Waals surface area contributed by atoms with Crippen molar-refractivity contribution in [3.05, 3.63) is 76.6 Å². The van der Waals surface area contributed by atoms with Gasteiger partial charge in [0.15, 0.2) is 11.5 Å². The number of rotatable bonds is 16. The van der Waals surface area contributed by atoms with Crippen molar-refractivity contribution in [3.63, 3.8) is 0 Å². The van der Waals surface area contributed by atoms with Gasteiger partial charge in [0.25, 0.3) is 11.8 Å². The second kappa shape index (κ2) is 18.4. The number of hydrogen-bond donors (Lipinski definition) is 4. The number of carbonyl (C=O) groups excluding carboxylic acids is 5. The predicted molar refractivity (Wildman–Crippen MR) is 239 cm³/mol. The summed E-state index contributed by atoms with van der Waals surface area (Å²) in [5, 5.41) is 8.83. The first kappa shape index (κ1) is 46.0. The number of piperazine rings is 1. The molecule has 350 valence electrons. The van der Waals surface area contributed by atoms with Crippen molar-refractivity contribution in [2.45, 2.75) is 89.5 Å². The number of halogens is 3. The van der Waals surface area contributed by atoms with Gasteiger partial charge in [-0.2, -0.15) is 13.2 Å². The summed E-state index contributed by atoms with van der Waals surface area (Å²) in [6.07, 6.45) is 0.0447. The Kier molecular flexibility index (Phi) is 12.8. The molecule has 8 rings (SSSR count). The highest BCUT2D eigenvalue weighted by Gasteiger charge is 2.48. The van der Waals surface area contributed by atoms with Crippen LogP contribution in [0.25, 0.3) is 10.9 Å². The van der Waals surface area contributed by atoms with E-state index in [9.17, 15) is 37.1 Å². The molecule has 3 aromatic carbocycles. The van der Waals surface area contributed by atoms with Gasteiger partial charge in [-0.05, 0) is 94.3 Å². The number of nitrogens with zero attached hydrogens (tertiary/aromatic N) is 5. The van der Waals surface area contributed by atoms with Gasteiger partial charge in [-0.1, -0.05) is 6.07 Å². The maximum atomic E-state index is 13.9. The van der Waals surface area contributed by atoms with Crippen LogP contribution >= 0.6 is 0 Å². The molecule has 0 spiro atoms. The Morgan fingerprint density at radius 1 is 1.02 bits per heavy atom. The van der Waals surface area contributed by atoms with E-state index in [-0.39, 0.29) is 47.0 Å². The number of methoxy groups -OCH3 is 1. The maximum Gasteiger partial charge on any atom is 0.416 e. The first-order valence-corrected chi connectivity index (χ1v) is 22.2. The number of alkyl halides is 3. The standard InChI is InChI=1S/C47H54F3N9O7/c1-26(28-19-29(47(48,49)50)21-30(51)20-28)53-42-33-22-38(37(65-4)23-34(33)54-27(2)55-42)66-25-46(13-14-46)24-31(7-5-10-39(60)52-3)57-15-17-58(18-16-57)35-9-6-8-32-41(35)45(64)59(44(32)63)36-11-12-40(61)56-43(36)62/h6,8-9,19-23,26,31,36H,5,7,10-18,24-25,51H2,1-4H3,(H,52,60)(H,53,54,55)(H,56,61,62)/t26-,31?,36?/m1/s1. The van der Waals surface area contributed by atoms with Crippen LogP contribution in [-0.2, 0) is 20.6 Å². The Labute approximate surface area is 379 Å². The third kappa shape index (κ3) is 9.57. The topological polar surface area (TPSA) is 201 Å². The van der Waals surface area contributed by atoms with Crippen LogP contribution in [0.4, 0.5) is 30.4 Å². The van der Waals surface area contributed by atoms with E-state index in [1.807, 2.05) is 6.07 Å². The average Bonchev–Trinajstić information content (AvgIpc) is 4.01. The summed E-state index contributed by atoms with van der Waals surface area (Å²) < 4.78 is 53.4. The van der Waals surface area contributed by atoms with Crippen molar-refractivity contribution in [1.82, 2.24) is 30.4 Å². The molecule has 3 fully saturated rings. The zero-order chi connectivity index (χ0) is 47.1. The number of fused-ring (bicyclic) bond motifs is 2. The highest BCUT2D eigenvalue weighted by atomic mass is 19.4. The molecule has 2 saturated heterocycles. The quantitative estimate of drug-likeness (QED) is 0.0780. The number of aromatic nitrogens is 2. The summed E-state index contributed by atoms with van der Waals surface area (Å²) >= 11 is 0. The van der Waals surface area contributed by atoms with E-state index in [1.54, 1.807) is 52.3 Å².